The monoisotopic (exact) mass is 604 g/mol. The van der Waals surface area contributed by atoms with E-state index in [0.29, 0.717) is 0 Å². The van der Waals surface area contributed by atoms with Crippen molar-refractivity contribution in [3.63, 3.8) is 0 Å². The highest BCUT2D eigenvalue weighted by Gasteiger charge is 2.20. The van der Waals surface area contributed by atoms with Crippen LogP contribution in [0.15, 0.2) is 164 Å². The predicted octanol–water partition coefficient (Wildman–Crippen LogP) is 12.5. The molecule has 0 saturated heterocycles. The summed E-state index contributed by atoms with van der Waals surface area (Å²) < 4.78 is 0. The minimum Gasteiger partial charge on any atom is -0.0622 e. The van der Waals surface area contributed by atoms with E-state index < -0.39 is 0 Å². The maximum absolute atomic E-state index is 2.35. The molecule has 0 heterocycles. The van der Waals surface area contributed by atoms with E-state index in [-0.39, 0.29) is 0 Å². The molecule has 0 radical (unpaired) electrons. The Balaban J connectivity index is 0.000000134. The first-order chi connectivity index (χ1) is 23.0. The lowest BCUT2D eigenvalue weighted by atomic mass is 9.96. The van der Waals surface area contributed by atoms with Crippen molar-refractivity contribution in [2.45, 2.75) is 33.6 Å². The molecule has 0 nitrogen and oxygen atoms in total. The van der Waals surface area contributed by atoms with Crippen LogP contribution in [-0.4, -0.2) is 0 Å². The molecule has 0 heteroatoms. The summed E-state index contributed by atoms with van der Waals surface area (Å²) in [4.78, 5) is 0. The van der Waals surface area contributed by atoms with Crippen molar-refractivity contribution in [1.82, 2.24) is 0 Å². The maximum Gasteiger partial charge on any atom is -0.00134 e. The number of aryl methyl sites for hydroxylation is 3. The largest absolute Gasteiger partial charge is 0.0622 e. The first-order valence-corrected chi connectivity index (χ1v) is 16.6. The van der Waals surface area contributed by atoms with Crippen LogP contribution in [0.3, 0.4) is 0 Å². The fourth-order valence-corrected chi connectivity index (χ4v) is 6.72. The number of rotatable bonds is 2. The summed E-state index contributed by atoms with van der Waals surface area (Å²) in [5, 5.41) is 0. The molecule has 0 N–H and O–H groups in total. The molecule has 0 bridgehead atoms. The van der Waals surface area contributed by atoms with Crippen molar-refractivity contribution in [2.24, 2.45) is 0 Å². The van der Waals surface area contributed by atoms with Crippen LogP contribution in [-0.2, 0) is 12.8 Å². The first-order valence-electron chi connectivity index (χ1n) is 16.6. The van der Waals surface area contributed by atoms with Gasteiger partial charge >= 0.3 is 0 Å². The minimum atomic E-state index is 1.04. The number of hydrogen-bond donors (Lipinski definition) is 0. The molecule has 9 rings (SSSR count). The van der Waals surface area contributed by atoms with E-state index in [1.54, 1.807) is 0 Å². The van der Waals surface area contributed by atoms with Gasteiger partial charge in [-0.3, -0.25) is 0 Å². The lowest BCUT2D eigenvalue weighted by Crippen LogP contribution is -1.83. The SMILES string of the molecule is Cc1ccc2c(c1)-c1cc(C)ccc1C2.Cc1ccccc1.c1ccc(-c2ccc3c(c2)-c2cc(-c4ccccc4)ccc2C3)cc1. The van der Waals surface area contributed by atoms with Crippen LogP contribution in [0, 0.1) is 20.8 Å². The Kier molecular flexibility index (Phi) is 8.67. The Morgan fingerprint density at radius 3 is 0.979 bits per heavy atom. The second-order valence-electron chi connectivity index (χ2n) is 12.8. The van der Waals surface area contributed by atoms with E-state index in [0.717, 1.165) is 12.8 Å². The predicted molar refractivity (Wildman–Crippen MR) is 201 cm³/mol. The van der Waals surface area contributed by atoms with Crippen LogP contribution < -0.4 is 0 Å². The summed E-state index contributed by atoms with van der Waals surface area (Å²) in [7, 11) is 0. The van der Waals surface area contributed by atoms with Gasteiger partial charge in [-0.2, -0.15) is 0 Å². The Morgan fingerprint density at radius 1 is 0.277 bits per heavy atom. The smallest absolute Gasteiger partial charge is 0.00134 e. The second-order valence-corrected chi connectivity index (χ2v) is 12.8. The van der Waals surface area contributed by atoms with Crippen LogP contribution in [0.25, 0.3) is 44.5 Å². The summed E-state index contributed by atoms with van der Waals surface area (Å²) in [6.07, 6.45) is 2.14. The van der Waals surface area contributed by atoms with E-state index in [2.05, 4.69) is 166 Å². The van der Waals surface area contributed by atoms with Crippen LogP contribution in [0.1, 0.15) is 38.9 Å². The van der Waals surface area contributed by atoms with Crippen LogP contribution in [0.4, 0.5) is 0 Å². The zero-order chi connectivity index (χ0) is 32.2. The Bertz CT molecular complexity index is 2000. The topological polar surface area (TPSA) is 0 Å². The fourth-order valence-electron chi connectivity index (χ4n) is 6.72. The summed E-state index contributed by atoms with van der Waals surface area (Å²) in [6.45, 7) is 6.40. The van der Waals surface area contributed by atoms with Gasteiger partial charge in [0.05, 0.1) is 0 Å². The summed E-state index contributed by atoms with van der Waals surface area (Å²) >= 11 is 0. The molecule has 0 atom stereocenters. The van der Waals surface area contributed by atoms with Gasteiger partial charge in [-0.25, -0.2) is 0 Å². The van der Waals surface area contributed by atoms with Gasteiger partial charge < -0.3 is 0 Å². The Morgan fingerprint density at radius 2 is 0.617 bits per heavy atom. The number of fused-ring (bicyclic) bond motifs is 6. The van der Waals surface area contributed by atoms with Crippen molar-refractivity contribution in [1.29, 1.82) is 0 Å². The molecule has 0 aliphatic heterocycles. The molecule has 0 saturated carbocycles. The molecule has 7 aromatic carbocycles. The van der Waals surface area contributed by atoms with Crippen LogP contribution in [0.5, 0.6) is 0 Å². The quantitative estimate of drug-likeness (QED) is 0.184. The van der Waals surface area contributed by atoms with Crippen molar-refractivity contribution in [3.05, 3.63) is 203 Å². The molecule has 0 fully saturated rings. The van der Waals surface area contributed by atoms with Gasteiger partial charge in [-0.1, -0.05) is 168 Å². The second kappa shape index (κ2) is 13.5. The van der Waals surface area contributed by atoms with Gasteiger partial charge in [0.1, 0.15) is 0 Å². The third kappa shape index (κ3) is 6.74. The molecule has 0 aromatic heterocycles. The van der Waals surface area contributed by atoms with Gasteiger partial charge in [-0.05, 0) is 113 Å². The normalized spacial score (nSPS) is 11.6. The molecule has 47 heavy (non-hydrogen) atoms. The summed E-state index contributed by atoms with van der Waals surface area (Å²) in [5.41, 5.74) is 20.6. The third-order valence-electron chi connectivity index (χ3n) is 9.25. The van der Waals surface area contributed by atoms with E-state index in [1.165, 1.54) is 83.5 Å². The van der Waals surface area contributed by atoms with Gasteiger partial charge in [0, 0.05) is 0 Å². The van der Waals surface area contributed by atoms with Crippen molar-refractivity contribution < 1.29 is 0 Å². The molecule has 2 aliphatic rings. The Labute approximate surface area is 280 Å². The van der Waals surface area contributed by atoms with Gasteiger partial charge in [0.2, 0.25) is 0 Å². The summed E-state index contributed by atoms with van der Waals surface area (Å²) in [5.74, 6) is 0. The molecule has 0 spiro atoms. The standard InChI is InChI=1S/C25H18.C15H14.C7H8/c1-3-7-18(8-4-1)20-11-13-22-15-23-14-12-21(17-25(23)24(22)16-20)19-9-5-2-6-10-19;1-10-3-5-12-9-13-6-4-11(2)8-15(13)14(12)7-10;1-7-5-3-2-4-6-7/h1-14,16-17H,15H2;3-8H,9H2,1-2H3;2-6H,1H3. The maximum atomic E-state index is 2.35. The lowest BCUT2D eigenvalue weighted by Gasteiger charge is -2.08. The highest BCUT2D eigenvalue weighted by Crippen LogP contribution is 2.41. The average Bonchev–Trinajstić information content (AvgIpc) is 3.66. The summed E-state index contributed by atoms with van der Waals surface area (Å²) in [6, 6.07) is 58.9. The van der Waals surface area contributed by atoms with Gasteiger partial charge in [-0.15, -0.1) is 0 Å². The van der Waals surface area contributed by atoms with E-state index >= 15 is 0 Å². The molecule has 0 unspecified atom stereocenters. The minimum absolute atomic E-state index is 1.04. The van der Waals surface area contributed by atoms with Crippen molar-refractivity contribution in [2.75, 3.05) is 0 Å². The average molecular weight is 605 g/mol. The van der Waals surface area contributed by atoms with Crippen LogP contribution in [0.2, 0.25) is 0 Å². The van der Waals surface area contributed by atoms with Crippen molar-refractivity contribution in [3.8, 4) is 44.5 Å². The number of benzene rings is 7. The van der Waals surface area contributed by atoms with Gasteiger partial charge in [0.15, 0.2) is 0 Å². The molecular formula is C47H40. The lowest BCUT2D eigenvalue weighted by molar-refractivity contribution is 1.25. The fraction of sp³-hybridized carbons (Fsp3) is 0.106. The molecule has 2 aliphatic carbocycles. The highest BCUT2D eigenvalue weighted by molar-refractivity contribution is 5.84. The van der Waals surface area contributed by atoms with E-state index in [9.17, 15) is 0 Å². The zero-order valence-corrected chi connectivity index (χ0v) is 27.5. The Hall–Kier alpha value is -5.46. The van der Waals surface area contributed by atoms with E-state index in [1.807, 2.05) is 18.2 Å². The molecular weight excluding hydrogens is 565 g/mol. The third-order valence-corrected chi connectivity index (χ3v) is 9.25. The molecule has 0 amide bonds. The number of hydrogen-bond acceptors (Lipinski definition) is 0. The van der Waals surface area contributed by atoms with E-state index in [4.69, 9.17) is 0 Å². The van der Waals surface area contributed by atoms with Gasteiger partial charge in [0.25, 0.3) is 0 Å². The van der Waals surface area contributed by atoms with Crippen LogP contribution >= 0.6 is 0 Å². The molecule has 228 valence electrons. The van der Waals surface area contributed by atoms with Crippen molar-refractivity contribution >= 4 is 0 Å². The highest BCUT2D eigenvalue weighted by atomic mass is 14.2. The first kappa shape index (κ1) is 30.2. The molecule has 7 aromatic rings. The zero-order valence-electron chi connectivity index (χ0n) is 27.5.